The van der Waals surface area contributed by atoms with E-state index in [0.717, 1.165) is 11.1 Å². The van der Waals surface area contributed by atoms with Crippen molar-refractivity contribution in [1.29, 1.82) is 0 Å². The van der Waals surface area contributed by atoms with Gasteiger partial charge in [0.2, 0.25) is 0 Å². The van der Waals surface area contributed by atoms with Crippen molar-refractivity contribution in [3.05, 3.63) is 54.6 Å². The second-order valence-electron chi connectivity index (χ2n) is 5.58. The molecule has 1 aliphatic heterocycles. The Morgan fingerprint density at radius 2 is 1.61 bits per heavy atom. The molecule has 1 fully saturated rings. The molecule has 0 aromatic heterocycles. The van der Waals surface area contributed by atoms with Crippen LogP contribution >= 0.6 is 0 Å². The van der Waals surface area contributed by atoms with Gasteiger partial charge in [0.1, 0.15) is 12.2 Å². The van der Waals surface area contributed by atoms with Crippen LogP contribution in [0.15, 0.2) is 54.6 Å². The number of anilines is 1. The number of methoxy groups -OCH3 is 1. The summed E-state index contributed by atoms with van der Waals surface area (Å²) < 4.78 is 5.03. The summed E-state index contributed by atoms with van der Waals surface area (Å²) in [5.41, 5.74) is 2.81. The fraction of sp³-hybridized carbons (Fsp3) is 0.278. The number of hydrogen-bond donors (Lipinski definition) is 2. The number of aliphatic hydroxyl groups is 2. The fourth-order valence-electron chi connectivity index (χ4n) is 2.82. The van der Waals surface area contributed by atoms with Gasteiger partial charge in [-0.2, -0.15) is 0 Å². The molecule has 2 aromatic rings. The summed E-state index contributed by atoms with van der Waals surface area (Å²) >= 11 is 0. The second-order valence-corrected chi connectivity index (χ2v) is 5.58. The van der Waals surface area contributed by atoms with Gasteiger partial charge in [-0.25, -0.2) is 0 Å². The zero-order valence-corrected chi connectivity index (χ0v) is 12.8. The quantitative estimate of drug-likeness (QED) is 0.899. The van der Waals surface area contributed by atoms with Gasteiger partial charge in [-0.1, -0.05) is 42.5 Å². The minimum Gasteiger partial charge on any atom is -0.388 e. The van der Waals surface area contributed by atoms with E-state index in [1.165, 1.54) is 12.0 Å². The molecule has 5 nitrogen and oxygen atoms in total. The normalized spacial score (nSPS) is 24.7. The summed E-state index contributed by atoms with van der Waals surface area (Å²) in [5, 5.41) is 19.8. The first-order valence-electron chi connectivity index (χ1n) is 7.47. The molecule has 1 amide bonds. The molecule has 2 aromatic carbocycles. The van der Waals surface area contributed by atoms with E-state index in [1.807, 2.05) is 54.6 Å². The van der Waals surface area contributed by atoms with Gasteiger partial charge in [-0.05, 0) is 23.3 Å². The van der Waals surface area contributed by atoms with E-state index < -0.39 is 18.3 Å². The summed E-state index contributed by atoms with van der Waals surface area (Å²) in [4.78, 5) is 13.8. The largest absolute Gasteiger partial charge is 0.388 e. The van der Waals surface area contributed by atoms with Gasteiger partial charge >= 0.3 is 0 Å². The number of rotatable bonds is 3. The van der Waals surface area contributed by atoms with Crippen LogP contribution in [0.5, 0.6) is 0 Å². The van der Waals surface area contributed by atoms with Gasteiger partial charge < -0.3 is 19.8 Å². The Kier molecular flexibility index (Phi) is 4.43. The molecule has 1 heterocycles. The first-order valence-corrected chi connectivity index (χ1v) is 7.47. The highest BCUT2D eigenvalue weighted by Crippen LogP contribution is 2.26. The third kappa shape index (κ3) is 2.99. The van der Waals surface area contributed by atoms with Crippen LogP contribution < -0.4 is 4.90 Å². The lowest BCUT2D eigenvalue weighted by Crippen LogP contribution is -2.59. The number of amides is 1. The van der Waals surface area contributed by atoms with E-state index in [0.29, 0.717) is 5.69 Å². The number of ether oxygens (including phenoxy) is 1. The van der Waals surface area contributed by atoms with Gasteiger partial charge in [0.25, 0.3) is 5.91 Å². The average Bonchev–Trinajstić information content (AvgIpc) is 2.60. The zero-order valence-electron chi connectivity index (χ0n) is 12.8. The van der Waals surface area contributed by atoms with Crippen LogP contribution in [0.2, 0.25) is 0 Å². The molecule has 120 valence electrons. The fourth-order valence-corrected chi connectivity index (χ4v) is 2.82. The molecule has 2 N–H and O–H groups in total. The van der Waals surface area contributed by atoms with Gasteiger partial charge in [-0.15, -0.1) is 0 Å². The van der Waals surface area contributed by atoms with Crippen molar-refractivity contribution in [1.82, 2.24) is 0 Å². The number of carbonyl (C=O) groups excluding carboxylic acids is 1. The highest BCUT2D eigenvalue weighted by atomic mass is 16.5. The van der Waals surface area contributed by atoms with Gasteiger partial charge in [-0.3, -0.25) is 4.79 Å². The van der Waals surface area contributed by atoms with Crippen LogP contribution in [0, 0.1) is 0 Å². The van der Waals surface area contributed by atoms with Crippen LogP contribution in [0.4, 0.5) is 5.69 Å². The van der Waals surface area contributed by atoms with Crippen molar-refractivity contribution < 1.29 is 19.7 Å². The van der Waals surface area contributed by atoms with Gasteiger partial charge in [0.05, 0.1) is 6.54 Å². The van der Waals surface area contributed by atoms with Crippen LogP contribution in [0.25, 0.3) is 11.1 Å². The number of hydrogen-bond acceptors (Lipinski definition) is 4. The molecule has 3 rings (SSSR count). The smallest absolute Gasteiger partial charge is 0.259 e. The molecular weight excluding hydrogens is 294 g/mol. The highest BCUT2D eigenvalue weighted by molar-refractivity contribution is 5.98. The van der Waals surface area contributed by atoms with E-state index in [1.54, 1.807) is 0 Å². The number of benzene rings is 2. The molecule has 0 radical (unpaired) electrons. The molecule has 0 spiro atoms. The van der Waals surface area contributed by atoms with Crippen molar-refractivity contribution in [2.24, 2.45) is 0 Å². The van der Waals surface area contributed by atoms with E-state index >= 15 is 0 Å². The summed E-state index contributed by atoms with van der Waals surface area (Å²) in [6.07, 6.45) is -3.29. The monoisotopic (exact) mass is 313 g/mol. The minimum atomic E-state index is -1.20. The summed E-state index contributed by atoms with van der Waals surface area (Å²) in [5.74, 6) is -0.349. The van der Waals surface area contributed by atoms with Crippen LogP contribution in [0.3, 0.4) is 0 Å². The van der Waals surface area contributed by atoms with E-state index in [-0.39, 0.29) is 12.5 Å². The first kappa shape index (κ1) is 15.7. The molecule has 23 heavy (non-hydrogen) atoms. The molecule has 1 saturated heterocycles. The standard InChI is InChI=1S/C18H19NO4/c1-23-17-16(21)15(20)11-19(18(17)22)14-9-7-13(8-10-14)12-5-3-2-4-6-12/h2-10,15-17,20-21H,11H2,1H3/t15-,16+,17+/m0/s1. The van der Waals surface area contributed by atoms with Crippen molar-refractivity contribution in [2.45, 2.75) is 18.3 Å². The molecule has 0 saturated carbocycles. The summed E-state index contributed by atoms with van der Waals surface area (Å²) in [7, 11) is 1.35. The number of nitrogens with zero attached hydrogens (tertiary/aromatic N) is 1. The Hall–Kier alpha value is -2.21. The zero-order chi connectivity index (χ0) is 16.4. The van der Waals surface area contributed by atoms with Crippen molar-refractivity contribution in [2.75, 3.05) is 18.6 Å². The second kappa shape index (κ2) is 6.50. The number of piperidine rings is 1. The van der Waals surface area contributed by atoms with Crippen molar-refractivity contribution >= 4 is 11.6 Å². The third-order valence-electron chi connectivity index (χ3n) is 4.12. The van der Waals surface area contributed by atoms with E-state index in [9.17, 15) is 15.0 Å². The maximum Gasteiger partial charge on any atom is 0.259 e. The first-order chi connectivity index (χ1) is 11.1. The molecule has 5 heteroatoms. The van der Waals surface area contributed by atoms with Crippen LogP contribution in [0.1, 0.15) is 0 Å². The van der Waals surface area contributed by atoms with Crippen LogP contribution in [-0.4, -0.2) is 48.1 Å². The Morgan fingerprint density at radius 1 is 1.00 bits per heavy atom. The Morgan fingerprint density at radius 3 is 2.22 bits per heavy atom. The average molecular weight is 313 g/mol. The maximum atomic E-state index is 12.4. The number of β-amino-alcohol motifs (C(OH)–C–C–N with tert-alkyl or cyclic N) is 1. The van der Waals surface area contributed by atoms with E-state index in [4.69, 9.17) is 4.74 Å². The summed E-state index contributed by atoms with van der Waals surface area (Å²) in [6, 6.07) is 17.5. The molecule has 3 atom stereocenters. The lowest BCUT2D eigenvalue weighted by atomic mass is 9.99. The Labute approximate surface area is 134 Å². The van der Waals surface area contributed by atoms with Crippen molar-refractivity contribution in [3.8, 4) is 11.1 Å². The van der Waals surface area contributed by atoms with Crippen LogP contribution in [-0.2, 0) is 9.53 Å². The topological polar surface area (TPSA) is 70.0 Å². The maximum absolute atomic E-state index is 12.4. The van der Waals surface area contributed by atoms with Gasteiger partial charge in [0, 0.05) is 12.8 Å². The third-order valence-corrected chi connectivity index (χ3v) is 4.12. The molecule has 1 aliphatic rings. The minimum absolute atomic E-state index is 0.0462. The molecule has 0 bridgehead atoms. The van der Waals surface area contributed by atoms with E-state index in [2.05, 4.69) is 0 Å². The lowest BCUT2D eigenvalue weighted by molar-refractivity contribution is -0.147. The number of aliphatic hydroxyl groups excluding tert-OH is 2. The SMILES string of the molecule is CO[C@H]1C(=O)N(c2ccc(-c3ccccc3)cc2)C[C@H](O)[C@H]1O. The van der Waals surface area contributed by atoms with Crippen molar-refractivity contribution in [3.63, 3.8) is 0 Å². The summed E-state index contributed by atoms with van der Waals surface area (Å²) in [6.45, 7) is 0.0462. The Bertz CT molecular complexity index is 671. The molecule has 0 aliphatic carbocycles. The predicted octanol–water partition coefficient (Wildman–Crippen LogP) is 1.44. The number of carbonyl (C=O) groups is 1. The lowest BCUT2D eigenvalue weighted by Gasteiger charge is -2.37. The Balaban J connectivity index is 1.85. The molecule has 0 unspecified atom stereocenters. The predicted molar refractivity (Wildman–Crippen MR) is 87.0 cm³/mol. The highest BCUT2D eigenvalue weighted by Gasteiger charge is 2.41. The van der Waals surface area contributed by atoms with Gasteiger partial charge in [0.15, 0.2) is 6.10 Å². The molecular formula is C18H19NO4.